The van der Waals surface area contributed by atoms with E-state index in [-0.39, 0.29) is 0 Å². The smallest absolute Gasteiger partial charge is 0.157 e. The Kier molecular flexibility index (Phi) is 3.60. The lowest BCUT2D eigenvalue weighted by molar-refractivity contribution is 0.766. The van der Waals surface area contributed by atoms with Crippen LogP contribution in [0.15, 0.2) is 12.4 Å². The molecule has 0 aromatic carbocycles. The molecule has 0 spiro atoms. The van der Waals surface area contributed by atoms with Crippen LogP contribution in [0.3, 0.4) is 0 Å². The first-order chi connectivity index (χ1) is 7.68. The molecule has 0 amide bonds. The van der Waals surface area contributed by atoms with E-state index in [4.69, 9.17) is 18.0 Å². The first kappa shape index (κ1) is 11.6. The van der Waals surface area contributed by atoms with Crippen molar-refractivity contribution in [2.75, 3.05) is 23.7 Å². The minimum atomic E-state index is 0.314. The number of hydrogen-bond acceptors (Lipinski definition) is 5. The molecule has 2 rings (SSSR count). The predicted molar refractivity (Wildman–Crippen MR) is 72.1 cm³/mol. The van der Waals surface area contributed by atoms with E-state index in [0.717, 1.165) is 24.7 Å². The Morgan fingerprint density at radius 3 is 3.00 bits per heavy atom. The van der Waals surface area contributed by atoms with E-state index in [2.05, 4.69) is 21.8 Å². The maximum atomic E-state index is 5.65. The van der Waals surface area contributed by atoms with Crippen molar-refractivity contribution in [2.24, 2.45) is 5.73 Å². The molecule has 0 radical (unpaired) electrons. The molecule has 1 atom stereocenters. The number of nitrogens with two attached hydrogens (primary N) is 1. The fraction of sp³-hybridized carbons (Fsp3) is 0.500. The average molecular weight is 254 g/mol. The van der Waals surface area contributed by atoms with Gasteiger partial charge >= 0.3 is 0 Å². The zero-order valence-corrected chi connectivity index (χ0v) is 10.7. The summed E-state index contributed by atoms with van der Waals surface area (Å²) in [5, 5.41) is 0.606. The van der Waals surface area contributed by atoms with Crippen LogP contribution >= 0.6 is 24.0 Å². The summed E-state index contributed by atoms with van der Waals surface area (Å²) in [6, 6.07) is 0. The van der Waals surface area contributed by atoms with E-state index in [1.54, 1.807) is 12.4 Å². The van der Waals surface area contributed by atoms with Crippen molar-refractivity contribution in [3.63, 3.8) is 0 Å². The third kappa shape index (κ3) is 2.44. The molecule has 0 saturated carbocycles. The largest absolute Gasteiger partial charge is 0.388 e. The van der Waals surface area contributed by atoms with Gasteiger partial charge in [-0.15, -0.1) is 0 Å². The minimum absolute atomic E-state index is 0.314. The van der Waals surface area contributed by atoms with Gasteiger partial charge in [0.1, 0.15) is 10.7 Å². The molecule has 86 valence electrons. The lowest BCUT2D eigenvalue weighted by Gasteiger charge is -2.32. The van der Waals surface area contributed by atoms with Crippen LogP contribution in [0.5, 0.6) is 0 Å². The Hall–Kier alpha value is -0.880. The Bertz CT molecular complexity index is 396. The molecule has 1 aromatic heterocycles. The van der Waals surface area contributed by atoms with Crippen molar-refractivity contribution in [1.82, 2.24) is 9.97 Å². The highest BCUT2D eigenvalue weighted by Crippen LogP contribution is 2.23. The van der Waals surface area contributed by atoms with Gasteiger partial charge in [0.2, 0.25) is 0 Å². The highest BCUT2D eigenvalue weighted by Gasteiger charge is 2.21. The van der Waals surface area contributed by atoms with Gasteiger partial charge in [-0.3, -0.25) is 0 Å². The van der Waals surface area contributed by atoms with E-state index in [1.807, 2.05) is 11.8 Å². The Balaban J connectivity index is 2.28. The highest BCUT2D eigenvalue weighted by molar-refractivity contribution is 8.00. The first-order valence-electron chi connectivity index (χ1n) is 5.16. The van der Waals surface area contributed by atoms with Crippen molar-refractivity contribution in [1.29, 1.82) is 0 Å². The van der Waals surface area contributed by atoms with Crippen molar-refractivity contribution in [2.45, 2.75) is 12.2 Å². The molecule has 1 unspecified atom stereocenters. The van der Waals surface area contributed by atoms with Gasteiger partial charge in [0.25, 0.3) is 0 Å². The molecule has 0 bridgehead atoms. The maximum Gasteiger partial charge on any atom is 0.157 e. The summed E-state index contributed by atoms with van der Waals surface area (Å²) in [6.45, 7) is 4.16. The van der Waals surface area contributed by atoms with Crippen molar-refractivity contribution < 1.29 is 0 Å². The van der Waals surface area contributed by atoms with Gasteiger partial charge in [-0.25, -0.2) is 9.97 Å². The van der Waals surface area contributed by atoms with Crippen molar-refractivity contribution in [3.8, 4) is 0 Å². The molecular weight excluding hydrogens is 240 g/mol. The van der Waals surface area contributed by atoms with Crippen LogP contribution in [-0.4, -0.2) is 39.0 Å². The van der Waals surface area contributed by atoms with Gasteiger partial charge in [-0.05, 0) is 0 Å². The fourth-order valence-electron chi connectivity index (χ4n) is 1.75. The second-order valence-electron chi connectivity index (χ2n) is 3.72. The Labute approximate surface area is 105 Å². The summed E-state index contributed by atoms with van der Waals surface area (Å²) in [7, 11) is 0. The second-order valence-corrected chi connectivity index (χ2v) is 5.71. The number of thioether (sulfide) groups is 1. The lowest BCUT2D eigenvalue weighted by Crippen LogP contribution is -2.38. The third-order valence-electron chi connectivity index (χ3n) is 2.45. The molecule has 1 saturated heterocycles. The van der Waals surface area contributed by atoms with Gasteiger partial charge < -0.3 is 10.6 Å². The number of anilines is 1. The summed E-state index contributed by atoms with van der Waals surface area (Å²) in [5.74, 6) is 1.93. The molecular formula is C10H14N4S2. The zero-order valence-electron chi connectivity index (χ0n) is 9.09. The highest BCUT2D eigenvalue weighted by atomic mass is 32.2. The van der Waals surface area contributed by atoms with E-state index >= 15 is 0 Å². The molecule has 2 heterocycles. The number of rotatable bonds is 2. The molecule has 4 nitrogen and oxygen atoms in total. The SMILES string of the molecule is CC1CN(c2nccnc2C(N)=S)CCS1. The number of nitrogens with zero attached hydrogens (tertiary/aromatic N) is 3. The van der Waals surface area contributed by atoms with Crippen molar-refractivity contribution >= 4 is 34.8 Å². The minimum Gasteiger partial charge on any atom is -0.388 e. The van der Waals surface area contributed by atoms with E-state index < -0.39 is 0 Å². The standard InChI is InChI=1S/C10H14N4S2/c1-7-6-14(4-5-16-7)10-8(9(11)15)12-2-3-13-10/h2-3,7H,4-6H2,1H3,(H2,11,15). The molecule has 1 aliphatic rings. The first-order valence-corrected chi connectivity index (χ1v) is 6.61. The van der Waals surface area contributed by atoms with Crippen LogP contribution in [0.4, 0.5) is 5.82 Å². The zero-order chi connectivity index (χ0) is 11.5. The number of thiocarbonyl (C=S) groups is 1. The van der Waals surface area contributed by atoms with E-state index in [9.17, 15) is 0 Å². The van der Waals surface area contributed by atoms with Crippen LogP contribution in [-0.2, 0) is 0 Å². The van der Waals surface area contributed by atoms with E-state index in [0.29, 0.717) is 15.9 Å². The summed E-state index contributed by atoms with van der Waals surface area (Å²) in [4.78, 5) is 11.1. The Morgan fingerprint density at radius 2 is 2.31 bits per heavy atom. The molecule has 6 heteroatoms. The van der Waals surface area contributed by atoms with Crippen LogP contribution in [0.2, 0.25) is 0 Å². The predicted octanol–water partition coefficient (Wildman–Crippen LogP) is 1.05. The molecule has 1 aromatic rings. The Morgan fingerprint density at radius 1 is 1.56 bits per heavy atom. The summed E-state index contributed by atoms with van der Waals surface area (Å²) in [5.41, 5.74) is 6.29. The van der Waals surface area contributed by atoms with Gasteiger partial charge in [-0.2, -0.15) is 11.8 Å². The normalized spacial score (nSPS) is 20.8. The third-order valence-corrected chi connectivity index (χ3v) is 3.78. The fourth-order valence-corrected chi connectivity index (χ4v) is 2.90. The summed E-state index contributed by atoms with van der Waals surface area (Å²) in [6.07, 6.45) is 3.31. The van der Waals surface area contributed by atoms with Gasteiger partial charge in [0, 0.05) is 36.5 Å². The van der Waals surface area contributed by atoms with Crippen LogP contribution in [0, 0.1) is 0 Å². The lowest BCUT2D eigenvalue weighted by atomic mass is 10.3. The topological polar surface area (TPSA) is 55.0 Å². The van der Waals surface area contributed by atoms with Crippen LogP contribution in [0.25, 0.3) is 0 Å². The molecule has 2 N–H and O–H groups in total. The van der Waals surface area contributed by atoms with Gasteiger partial charge in [-0.1, -0.05) is 19.1 Å². The van der Waals surface area contributed by atoms with Crippen LogP contribution < -0.4 is 10.6 Å². The van der Waals surface area contributed by atoms with E-state index in [1.165, 1.54) is 0 Å². The number of hydrogen-bond donors (Lipinski definition) is 1. The molecule has 0 aliphatic carbocycles. The summed E-state index contributed by atoms with van der Waals surface area (Å²) < 4.78 is 0. The quantitative estimate of drug-likeness (QED) is 0.796. The second kappa shape index (κ2) is 4.97. The van der Waals surface area contributed by atoms with Gasteiger partial charge in [0.15, 0.2) is 5.82 Å². The van der Waals surface area contributed by atoms with Crippen LogP contribution in [0.1, 0.15) is 12.6 Å². The molecule has 16 heavy (non-hydrogen) atoms. The van der Waals surface area contributed by atoms with Crippen molar-refractivity contribution in [3.05, 3.63) is 18.1 Å². The maximum absolute atomic E-state index is 5.65. The monoisotopic (exact) mass is 254 g/mol. The average Bonchev–Trinajstić information content (AvgIpc) is 2.29. The van der Waals surface area contributed by atoms with Gasteiger partial charge in [0.05, 0.1) is 0 Å². The summed E-state index contributed by atoms with van der Waals surface area (Å²) >= 11 is 6.97. The molecule has 1 fully saturated rings. The number of aromatic nitrogens is 2. The molecule has 1 aliphatic heterocycles.